The summed E-state index contributed by atoms with van der Waals surface area (Å²) in [6.07, 6.45) is 0.296. The molecule has 2 aromatic rings. The molecule has 45 heavy (non-hydrogen) atoms. The molecule has 15 nitrogen and oxygen atoms in total. The van der Waals surface area contributed by atoms with Crippen LogP contribution < -0.4 is 26.9 Å². The second-order valence-electron chi connectivity index (χ2n) is 11.3. The molecule has 2 saturated heterocycles. The van der Waals surface area contributed by atoms with Crippen LogP contribution in [0.4, 0.5) is 25.0 Å². The van der Waals surface area contributed by atoms with E-state index in [1.807, 2.05) is 5.43 Å². The largest absolute Gasteiger partial charge is 0.477 e. The van der Waals surface area contributed by atoms with E-state index in [0.717, 1.165) is 22.9 Å². The van der Waals surface area contributed by atoms with E-state index in [0.29, 0.717) is 19.3 Å². The van der Waals surface area contributed by atoms with Crippen molar-refractivity contribution < 1.29 is 48.0 Å². The van der Waals surface area contributed by atoms with Gasteiger partial charge in [-0.2, -0.15) is 0 Å². The fourth-order valence-electron chi connectivity index (χ4n) is 5.94. The Labute approximate surface area is 256 Å². The van der Waals surface area contributed by atoms with Crippen LogP contribution in [-0.2, 0) is 14.3 Å². The molecule has 2 amide bonds. The number of thioether (sulfide) groups is 1. The van der Waals surface area contributed by atoms with Gasteiger partial charge in [0.05, 0.1) is 27.8 Å². The summed E-state index contributed by atoms with van der Waals surface area (Å²) in [4.78, 5) is 64.6. The number of aromatic carboxylic acids is 1. The van der Waals surface area contributed by atoms with E-state index in [1.54, 1.807) is 0 Å². The third kappa shape index (κ3) is 5.01. The topological polar surface area (TPSA) is 217 Å². The molecule has 0 radical (unpaired) electrons. The lowest BCUT2D eigenvalue weighted by atomic mass is 9.92. The van der Waals surface area contributed by atoms with E-state index in [2.05, 4.69) is 5.43 Å². The number of carbonyl (C=O) groups excluding carboxylic acids is 2. The monoisotopic (exact) mass is 650 g/mol. The van der Waals surface area contributed by atoms with Crippen LogP contribution in [-0.4, -0.2) is 85.9 Å². The van der Waals surface area contributed by atoms with Crippen molar-refractivity contribution in [3.05, 3.63) is 44.2 Å². The summed E-state index contributed by atoms with van der Waals surface area (Å²) in [5, 5.41) is 27.9. The van der Waals surface area contributed by atoms with Gasteiger partial charge in [0, 0.05) is 31.4 Å². The van der Waals surface area contributed by atoms with E-state index in [9.17, 15) is 39.3 Å². The van der Waals surface area contributed by atoms with Crippen LogP contribution in [0.5, 0.6) is 0 Å². The number of hydrogen-bond donors (Lipinski definition) is 6. The van der Waals surface area contributed by atoms with E-state index >= 15 is 8.78 Å². The number of aliphatic hydroxyl groups is 1. The maximum absolute atomic E-state index is 16.2. The molecule has 4 aliphatic rings. The molecule has 1 saturated carbocycles. The molecule has 4 atom stereocenters. The number of carbonyl (C=O) groups is 4. The summed E-state index contributed by atoms with van der Waals surface area (Å²) in [5.41, 5.74) is 6.40. The number of benzene rings is 1. The normalized spacial score (nSPS) is 23.2. The molecule has 6 rings (SSSR count). The molecule has 1 aromatic heterocycles. The number of amides is 2. The zero-order chi connectivity index (χ0) is 32.5. The van der Waals surface area contributed by atoms with Crippen molar-refractivity contribution in [1.82, 2.24) is 14.9 Å². The minimum atomic E-state index is -1.61. The summed E-state index contributed by atoms with van der Waals surface area (Å²) in [7, 11) is 0. The second-order valence-corrected chi connectivity index (χ2v) is 12.5. The molecule has 1 aromatic carbocycles. The minimum Gasteiger partial charge on any atom is -0.477 e. The number of β-lactam (4-membered cyclic amide) rings is 1. The fourth-order valence-corrected chi connectivity index (χ4v) is 7.46. The van der Waals surface area contributed by atoms with Gasteiger partial charge in [-0.05, 0) is 26.2 Å². The number of nitrogens with one attached hydrogen (secondary N) is 2. The first-order chi connectivity index (χ1) is 21.3. The van der Waals surface area contributed by atoms with E-state index in [4.69, 9.17) is 10.5 Å². The van der Waals surface area contributed by atoms with Gasteiger partial charge < -0.3 is 35.3 Å². The molecule has 1 aliphatic carbocycles. The van der Waals surface area contributed by atoms with E-state index < -0.39 is 93.0 Å². The zero-order valence-electron chi connectivity index (χ0n) is 23.6. The van der Waals surface area contributed by atoms with Crippen LogP contribution in [0.1, 0.15) is 42.6 Å². The van der Waals surface area contributed by atoms with Gasteiger partial charge in [0.25, 0.3) is 0 Å². The highest BCUT2D eigenvalue weighted by Crippen LogP contribution is 2.50. The number of halogens is 2. The molecule has 7 N–H and O–H groups in total. The number of carboxylic acids is 2. The number of nitrogens with two attached hydrogens (primary N) is 1. The number of fused-ring (bicyclic) bond motifs is 2. The fraction of sp³-hybridized carbons (Fsp3) is 0.444. The molecular weight excluding hydrogens is 622 g/mol. The third-order valence-corrected chi connectivity index (χ3v) is 9.58. The summed E-state index contributed by atoms with van der Waals surface area (Å²) in [6.45, 7) is 1.08. The van der Waals surface area contributed by atoms with Crippen LogP contribution >= 0.6 is 11.8 Å². The number of anilines is 2. The molecule has 3 aliphatic heterocycles. The molecule has 4 heterocycles. The number of ether oxygens (including phenoxy) is 1. The number of hydrogen-bond acceptors (Lipinski definition) is 11. The van der Waals surface area contributed by atoms with Gasteiger partial charge in [-0.25, -0.2) is 28.6 Å². The van der Waals surface area contributed by atoms with Gasteiger partial charge in [-0.15, -0.1) is 0 Å². The number of aliphatic carboxylic acids is 1. The summed E-state index contributed by atoms with van der Waals surface area (Å²) < 4.78 is 38.7. The van der Waals surface area contributed by atoms with Crippen LogP contribution in [0.2, 0.25) is 0 Å². The Morgan fingerprint density at radius 1 is 1.16 bits per heavy atom. The van der Waals surface area contributed by atoms with Crippen molar-refractivity contribution in [2.24, 2.45) is 11.7 Å². The number of rotatable bonds is 9. The number of carboxylic acid groups (broad SMARTS) is 2. The van der Waals surface area contributed by atoms with Crippen molar-refractivity contribution in [2.75, 3.05) is 30.0 Å². The highest BCUT2D eigenvalue weighted by Gasteiger charge is 2.57. The predicted octanol–water partition coefficient (Wildman–Crippen LogP) is 1.11. The highest BCUT2D eigenvalue weighted by atomic mass is 32.2. The van der Waals surface area contributed by atoms with Gasteiger partial charge in [0.1, 0.15) is 34.6 Å². The Morgan fingerprint density at radius 3 is 2.44 bits per heavy atom. The molecule has 0 unspecified atom stereocenters. The lowest BCUT2D eigenvalue weighted by Crippen LogP contribution is -2.60. The molecule has 3 fully saturated rings. The van der Waals surface area contributed by atoms with Crippen molar-refractivity contribution in [2.45, 2.75) is 49.7 Å². The van der Waals surface area contributed by atoms with Gasteiger partial charge in [-0.3, -0.25) is 19.9 Å². The van der Waals surface area contributed by atoms with Gasteiger partial charge in [0.15, 0.2) is 11.6 Å². The summed E-state index contributed by atoms with van der Waals surface area (Å²) >= 11 is 0.933. The van der Waals surface area contributed by atoms with Crippen molar-refractivity contribution in [3.8, 4) is 0 Å². The minimum absolute atomic E-state index is 0.0173. The van der Waals surface area contributed by atoms with Crippen molar-refractivity contribution >= 4 is 58.0 Å². The standard InChI is InChI=1S/C27H28F2N6O9S/c1-9(36)14-23(38)35-19(26(41)42)13(45-24(14)35)8-44-27(43)32-31-18-15-20(17(29)21(16(18)28)33-5-4-10(30)6-33)34(11-2-3-11)7-12(22(15)37)25(39)40/h7,9-11,14,24,31,36H,2-6,8,30H2,1H3,(H,32,43)(H,39,40)(H,41,42)/t9-,10+,14-,24-/m1/s1. The molecule has 0 spiro atoms. The number of aliphatic hydroxyl groups excluding tert-OH is 1. The lowest BCUT2D eigenvalue weighted by Gasteiger charge is -2.43. The predicted molar refractivity (Wildman–Crippen MR) is 154 cm³/mol. The van der Waals surface area contributed by atoms with Crippen LogP contribution in [0, 0.1) is 17.6 Å². The first-order valence-corrected chi connectivity index (χ1v) is 14.9. The number of aromatic nitrogens is 1. The van der Waals surface area contributed by atoms with E-state index in [-0.39, 0.29) is 35.6 Å². The number of pyridine rings is 1. The Kier molecular flexibility index (Phi) is 7.60. The first-order valence-electron chi connectivity index (χ1n) is 14.0. The van der Waals surface area contributed by atoms with Crippen molar-refractivity contribution in [3.63, 3.8) is 0 Å². The van der Waals surface area contributed by atoms with E-state index in [1.165, 1.54) is 16.4 Å². The van der Waals surface area contributed by atoms with Crippen molar-refractivity contribution in [1.29, 1.82) is 0 Å². The number of hydrazine groups is 1. The smallest absolute Gasteiger partial charge is 0.426 e. The Morgan fingerprint density at radius 2 is 1.87 bits per heavy atom. The average Bonchev–Trinajstić information content (AvgIpc) is 3.64. The maximum atomic E-state index is 16.2. The summed E-state index contributed by atoms with van der Waals surface area (Å²) in [6, 6.07) is -0.710. The third-order valence-electron chi connectivity index (χ3n) is 8.24. The Bertz CT molecular complexity index is 1760. The molecule has 240 valence electrons. The number of nitrogens with zero attached hydrogens (tertiary/aromatic N) is 3. The molecule has 18 heteroatoms. The van der Waals surface area contributed by atoms with Gasteiger partial charge >= 0.3 is 18.0 Å². The second kappa shape index (κ2) is 11.2. The SMILES string of the molecule is C[C@@H](O)[C@@H]1C(=O)N2C(C(=O)O)=C(COC(=O)NNc3c(F)c(N4CC[C@H](N)C4)c(F)c4c3c(=O)c(C(=O)O)cn4C3CC3)S[C@H]12. The molecular formula is C27H28F2N6O9S. The Hall–Kier alpha value is -4.42. The molecule has 0 bridgehead atoms. The quantitative estimate of drug-likeness (QED) is 0.166. The van der Waals surface area contributed by atoms with Crippen LogP contribution in [0.15, 0.2) is 21.6 Å². The summed E-state index contributed by atoms with van der Waals surface area (Å²) in [5.74, 6) is -6.84. The van der Waals surface area contributed by atoms with Gasteiger partial charge in [0.2, 0.25) is 11.3 Å². The van der Waals surface area contributed by atoms with Crippen LogP contribution in [0.3, 0.4) is 0 Å². The zero-order valence-corrected chi connectivity index (χ0v) is 24.4. The highest BCUT2D eigenvalue weighted by molar-refractivity contribution is 8.04. The maximum Gasteiger partial charge on any atom is 0.426 e. The van der Waals surface area contributed by atoms with Crippen LogP contribution in [0.25, 0.3) is 10.9 Å². The Balaban J connectivity index is 1.32. The lowest BCUT2D eigenvalue weighted by molar-refractivity contribution is -0.156. The first kappa shape index (κ1) is 30.6. The average molecular weight is 651 g/mol. The van der Waals surface area contributed by atoms with Gasteiger partial charge in [-0.1, -0.05) is 11.8 Å².